The van der Waals surface area contributed by atoms with Crippen LogP contribution in [0.2, 0.25) is 0 Å². The largest absolute Gasteiger partial charge is 0.508 e. The zero-order valence-corrected chi connectivity index (χ0v) is 9.43. The molecule has 0 unspecified atom stereocenters. The minimum Gasteiger partial charge on any atom is -0.508 e. The minimum absolute atomic E-state index is 0.0216. The van der Waals surface area contributed by atoms with Crippen LogP contribution in [0.1, 0.15) is 11.3 Å². The number of hydrogen-bond acceptors (Lipinski definition) is 3. The number of benzene rings is 1. The Morgan fingerprint density at radius 3 is 2.82 bits per heavy atom. The molecule has 0 saturated carbocycles. The van der Waals surface area contributed by atoms with Crippen molar-refractivity contribution in [3.05, 3.63) is 58.0 Å². The van der Waals surface area contributed by atoms with Crippen LogP contribution >= 0.6 is 0 Å². The fourth-order valence-corrected chi connectivity index (χ4v) is 1.68. The Hall–Kier alpha value is -2.23. The monoisotopic (exact) mass is 231 g/mol. The molecule has 1 aromatic heterocycles. The third-order valence-corrected chi connectivity index (χ3v) is 2.41. The van der Waals surface area contributed by atoms with E-state index < -0.39 is 0 Å². The summed E-state index contributed by atoms with van der Waals surface area (Å²) in [6.07, 6.45) is 0.542. The summed E-state index contributed by atoms with van der Waals surface area (Å²) in [5, 5.41) is 9.33. The van der Waals surface area contributed by atoms with Gasteiger partial charge in [-0.3, -0.25) is 4.79 Å². The summed E-state index contributed by atoms with van der Waals surface area (Å²) in [6, 6.07) is 10.3. The second-order valence-corrected chi connectivity index (χ2v) is 3.76. The van der Waals surface area contributed by atoms with Crippen molar-refractivity contribution >= 4 is 0 Å². The van der Waals surface area contributed by atoms with Gasteiger partial charge in [0, 0.05) is 18.2 Å². The van der Waals surface area contributed by atoms with Crippen LogP contribution in [0.15, 0.2) is 41.2 Å². The first-order valence-electron chi connectivity index (χ1n) is 5.22. The van der Waals surface area contributed by atoms with Crippen LogP contribution in [0.5, 0.6) is 11.5 Å². The molecule has 0 aliphatic heterocycles. The molecule has 1 aromatic carbocycles. The van der Waals surface area contributed by atoms with E-state index in [1.54, 1.807) is 13.2 Å². The number of aromatic nitrogens is 1. The van der Waals surface area contributed by atoms with Gasteiger partial charge in [-0.1, -0.05) is 12.1 Å². The molecule has 0 fully saturated rings. The van der Waals surface area contributed by atoms with Crippen molar-refractivity contribution in [1.29, 1.82) is 0 Å². The van der Waals surface area contributed by atoms with Crippen LogP contribution in [-0.2, 0) is 6.42 Å². The molecule has 2 aromatic rings. The van der Waals surface area contributed by atoms with E-state index in [0.717, 1.165) is 17.4 Å². The molecule has 0 spiro atoms. The maximum absolute atomic E-state index is 11.2. The maximum Gasteiger partial charge on any atom is 0.251 e. The van der Waals surface area contributed by atoms with E-state index in [0.29, 0.717) is 12.1 Å². The molecule has 88 valence electrons. The van der Waals surface area contributed by atoms with Crippen LogP contribution in [0, 0.1) is 0 Å². The first kappa shape index (κ1) is 11.3. The van der Waals surface area contributed by atoms with Crippen molar-refractivity contribution in [1.82, 2.24) is 4.98 Å². The predicted molar refractivity (Wildman–Crippen MR) is 64.5 cm³/mol. The smallest absolute Gasteiger partial charge is 0.251 e. The molecule has 17 heavy (non-hydrogen) atoms. The van der Waals surface area contributed by atoms with Gasteiger partial charge >= 0.3 is 0 Å². The van der Waals surface area contributed by atoms with Crippen LogP contribution in [0.25, 0.3) is 0 Å². The van der Waals surface area contributed by atoms with Crippen LogP contribution in [-0.4, -0.2) is 17.2 Å². The van der Waals surface area contributed by atoms with E-state index in [4.69, 9.17) is 4.74 Å². The maximum atomic E-state index is 11.2. The number of rotatable bonds is 3. The van der Waals surface area contributed by atoms with E-state index in [-0.39, 0.29) is 11.3 Å². The first-order chi connectivity index (χ1) is 8.17. The molecular formula is C13H13NO3. The van der Waals surface area contributed by atoms with Crippen molar-refractivity contribution in [2.75, 3.05) is 7.11 Å². The molecule has 4 nitrogen and oxygen atoms in total. The number of aromatic amines is 1. The normalized spacial score (nSPS) is 10.2. The Morgan fingerprint density at radius 1 is 1.29 bits per heavy atom. The number of aromatic hydroxyl groups is 1. The Labute approximate surface area is 98.5 Å². The average Bonchev–Trinajstić information content (AvgIpc) is 2.28. The van der Waals surface area contributed by atoms with Gasteiger partial charge in [0.1, 0.15) is 11.5 Å². The molecule has 0 bridgehead atoms. The lowest BCUT2D eigenvalue weighted by atomic mass is 10.1. The standard InChI is InChI=1S/C13H13NO3/c1-17-12-4-2-3-9(6-12)5-10-7-11(15)8-13(16)14-10/h2-4,6-8H,5H2,1H3,(H2,14,15,16). The minimum atomic E-state index is -0.303. The number of nitrogens with one attached hydrogen (secondary N) is 1. The van der Waals surface area contributed by atoms with Crippen molar-refractivity contribution < 1.29 is 9.84 Å². The Morgan fingerprint density at radius 2 is 2.12 bits per heavy atom. The highest BCUT2D eigenvalue weighted by atomic mass is 16.5. The molecular weight excluding hydrogens is 218 g/mol. The highest BCUT2D eigenvalue weighted by Crippen LogP contribution is 2.16. The topological polar surface area (TPSA) is 62.3 Å². The lowest BCUT2D eigenvalue weighted by molar-refractivity contribution is 0.414. The van der Waals surface area contributed by atoms with Crippen LogP contribution in [0.3, 0.4) is 0 Å². The van der Waals surface area contributed by atoms with Gasteiger partial charge in [-0.2, -0.15) is 0 Å². The third-order valence-electron chi connectivity index (χ3n) is 2.41. The Bertz CT molecular complexity index is 575. The fraction of sp³-hybridized carbons (Fsp3) is 0.154. The SMILES string of the molecule is COc1cccc(Cc2cc(O)cc(=O)[nH]2)c1. The van der Waals surface area contributed by atoms with E-state index >= 15 is 0 Å². The molecule has 0 saturated heterocycles. The van der Waals surface area contributed by atoms with Crippen LogP contribution in [0.4, 0.5) is 0 Å². The summed E-state index contributed by atoms with van der Waals surface area (Å²) in [4.78, 5) is 13.9. The molecule has 1 heterocycles. The van der Waals surface area contributed by atoms with E-state index in [9.17, 15) is 9.90 Å². The molecule has 4 heteroatoms. The highest BCUT2D eigenvalue weighted by Gasteiger charge is 2.01. The number of ether oxygens (including phenoxy) is 1. The zero-order chi connectivity index (χ0) is 12.3. The van der Waals surface area contributed by atoms with Crippen molar-refractivity contribution in [3.8, 4) is 11.5 Å². The molecule has 2 rings (SSSR count). The molecule has 0 atom stereocenters. The average molecular weight is 231 g/mol. The summed E-state index contributed by atoms with van der Waals surface area (Å²) < 4.78 is 5.12. The lowest BCUT2D eigenvalue weighted by Gasteiger charge is -2.05. The third kappa shape index (κ3) is 2.87. The quantitative estimate of drug-likeness (QED) is 0.844. The molecule has 0 radical (unpaired) electrons. The number of pyridine rings is 1. The lowest BCUT2D eigenvalue weighted by Crippen LogP contribution is -2.07. The summed E-state index contributed by atoms with van der Waals surface area (Å²) in [5.74, 6) is 0.747. The van der Waals surface area contributed by atoms with Crippen molar-refractivity contribution in [3.63, 3.8) is 0 Å². The van der Waals surface area contributed by atoms with E-state index in [2.05, 4.69) is 4.98 Å². The van der Waals surface area contributed by atoms with E-state index in [1.807, 2.05) is 24.3 Å². The van der Waals surface area contributed by atoms with Gasteiger partial charge in [0.25, 0.3) is 5.56 Å². The van der Waals surface area contributed by atoms with Gasteiger partial charge in [0.2, 0.25) is 0 Å². The highest BCUT2D eigenvalue weighted by molar-refractivity contribution is 5.32. The van der Waals surface area contributed by atoms with Crippen LogP contribution < -0.4 is 10.3 Å². The fourth-order valence-electron chi connectivity index (χ4n) is 1.68. The Balaban J connectivity index is 2.27. The Kier molecular flexibility index (Phi) is 3.14. The predicted octanol–water partition coefficient (Wildman–Crippen LogP) is 1.68. The van der Waals surface area contributed by atoms with Crippen molar-refractivity contribution in [2.24, 2.45) is 0 Å². The summed E-state index contributed by atoms with van der Waals surface area (Å²) in [5.41, 5.74) is 1.37. The molecule has 0 aliphatic rings. The van der Waals surface area contributed by atoms with Gasteiger partial charge in [-0.15, -0.1) is 0 Å². The van der Waals surface area contributed by atoms with Crippen molar-refractivity contribution in [2.45, 2.75) is 6.42 Å². The van der Waals surface area contributed by atoms with E-state index in [1.165, 1.54) is 0 Å². The number of hydrogen-bond donors (Lipinski definition) is 2. The molecule has 0 aliphatic carbocycles. The number of H-pyrrole nitrogens is 1. The second-order valence-electron chi connectivity index (χ2n) is 3.76. The molecule has 0 amide bonds. The van der Waals surface area contributed by atoms with Gasteiger partial charge in [0.15, 0.2) is 0 Å². The first-order valence-corrected chi connectivity index (χ1v) is 5.22. The summed E-state index contributed by atoms with van der Waals surface area (Å²) in [7, 11) is 1.61. The van der Waals surface area contributed by atoms with Gasteiger partial charge in [0.05, 0.1) is 7.11 Å². The van der Waals surface area contributed by atoms with Gasteiger partial charge in [-0.05, 0) is 23.8 Å². The number of methoxy groups -OCH3 is 1. The van der Waals surface area contributed by atoms with Gasteiger partial charge in [-0.25, -0.2) is 0 Å². The van der Waals surface area contributed by atoms with Gasteiger partial charge < -0.3 is 14.8 Å². The zero-order valence-electron chi connectivity index (χ0n) is 9.43. The summed E-state index contributed by atoms with van der Waals surface area (Å²) >= 11 is 0. The second kappa shape index (κ2) is 4.74. The molecule has 2 N–H and O–H groups in total. The summed E-state index contributed by atoms with van der Waals surface area (Å²) in [6.45, 7) is 0.